The molecule has 4 rings (SSSR count). The number of hydrogen-bond acceptors (Lipinski definition) is 8. The van der Waals surface area contributed by atoms with Gasteiger partial charge in [-0.15, -0.1) is 21.5 Å². The van der Waals surface area contributed by atoms with E-state index in [1.54, 1.807) is 11.8 Å². The second kappa shape index (κ2) is 8.34. The highest BCUT2D eigenvalue weighted by Gasteiger charge is 2.23. The molecule has 1 amide bonds. The molecule has 3 aromatic heterocycles. The van der Waals surface area contributed by atoms with Gasteiger partial charge in [-0.25, -0.2) is 4.98 Å². The molecular formula is C19H23N5OS3. The minimum Gasteiger partial charge on any atom is -0.397 e. The van der Waals surface area contributed by atoms with Crippen molar-refractivity contribution in [1.82, 2.24) is 15.2 Å². The van der Waals surface area contributed by atoms with Crippen molar-refractivity contribution >= 4 is 61.4 Å². The number of nitrogens with two attached hydrogens (primary N) is 1. The summed E-state index contributed by atoms with van der Waals surface area (Å²) in [6.45, 7) is 4.36. The number of aromatic nitrogens is 3. The van der Waals surface area contributed by atoms with Crippen molar-refractivity contribution in [3.8, 4) is 0 Å². The number of nitrogen functional groups attached to an aromatic ring is 1. The van der Waals surface area contributed by atoms with Gasteiger partial charge in [0.25, 0.3) is 5.91 Å². The number of nitrogens with zero attached hydrogens (tertiary/aromatic N) is 3. The largest absolute Gasteiger partial charge is 0.397 e. The molecule has 3 aromatic rings. The van der Waals surface area contributed by atoms with E-state index in [4.69, 9.17) is 10.7 Å². The molecule has 0 aliphatic heterocycles. The van der Waals surface area contributed by atoms with Gasteiger partial charge in [0.15, 0.2) is 4.34 Å². The molecule has 0 spiro atoms. The molecule has 0 unspecified atom stereocenters. The molecule has 3 heterocycles. The van der Waals surface area contributed by atoms with Crippen LogP contribution in [0.3, 0.4) is 0 Å². The number of carbonyl (C=O) groups is 1. The molecule has 6 nitrogen and oxygen atoms in total. The third-order valence-corrected chi connectivity index (χ3v) is 8.32. The number of thiophene rings is 1. The molecule has 1 atom stereocenters. The van der Waals surface area contributed by atoms with E-state index in [0.29, 0.717) is 21.6 Å². The fourth-order valence-corrected chi connectivity index (χ4v) is 6.11. The van der Waals surface area contributed by atoms with E-state index in [2.05, 4.69) is 35.4 Å². The number of pyridine rings is 1. The Morgan fingerprint density at radius 2 is 2.21 bits per heavy atom. The highest BCUT2D eigenvalue weighted by atomic mass is 32.2. The average molecular weight is 434 g/mol. The standard InChI is InChI=1S/C19H23N5OS3/c1-3-7-26-19-24-23-18(28-19)22-16(25)15-14(20)12-9-11-8-10(4-2)5-6-13(11)21-17(12)27-15/h9-10H,3-8,20H2,1-2H3,(H,22,23,25)/t10-/m1/s1. The summed E-state index contributed by atoms with van der Waals surface area (Å²) in [5.41, 5.74) is 9.29. The highest BCUT2D eigenvalue weighted by Crippen LogP contribution is 2.37. The molecular weight excluding hydrogens is 410 g/mol. The van der Waals surface area contributed by atoms with E-state index in [9.17, 15) is 4.79 Å². The lowest BCUT2D eigenvalue weighted by atomic mass is 9.85. The average Bonchev–Trinajstić information content (AvgIpc) is 3.28. The fraction of sp³-hybridized carbons (Fsp3) is 0.474. The zero-order valence-electron chi connectivity index (χ0n) is 15.9. The van der Waals surface area contributed by atoms with Gasteiger partial charge in [0, 0.05) is 16.8 Å². The summed E-state index contributed by atoms with van der Waals surface area (Å²) >= 11 is 4.39. The van der Waals surface area contributed by atoms with Crippen molar-refractivity contribution in [3.05, 3.63) is 22.2 Å². The third-order valence-electron chi connectivity index (χ3n) is 5.03. The van der Waals surface area contributed by atoms with Crippen molar-refractivity contribution in [3.63, 3.8) is 0 Å². The maximum atomic E-state index is 12.8. The maximum Gasteiger partial charge on any atom is 0.269 e. The van der Waals surface area contributed by atoms with Crippen LogP contribution in [0, 0.1) is 5.92 Å². The number of fused-ring (bicyclic) bond motifs is 2. The Hall–Kier alpha value is -1.71. The molecule has 0 aromatic carbocycles. The minimum absolute atomic E-state index is 0.243. The van der Waals surface area contributed by atoms with Gasteiger partial charge >= 0.3 is 0 Å². The molecule has 1 aliphatic carbocycles. The summed E-state index contributed by atoms with van der Waals surface area (Å²) in [6.07, 6.45) is 5.50. The zero-order valence-corrected chi connectivity index (χ0v) is 18.4. The first-order valence-corrected chi connectivity index (χ1v) is 12.2. The molecule has 0 fully saturated rings. The molecule has 0 saturated heterocycles. The highest BCUT2D eigenvalue weighted by molar-refractivity contribution is 8.01. The first kappa shape index (κ1) is 19.6. The number of hydrogen-bond donors (Lipinski definition) is 2. The molecule has 28 heavy (non-hydrogen) atoms. The van der Waals surface area contributed by atoms with Gasteiger partial charge in [0.2, 0.25) is 5.13 Å². The van der Waals surface area contributed by atoms with E-state index < -0.39 is 0 Å². The third kappa shape index (κ3) is 3.88. The lowest BCUT2D eigenvalue weighted by Crippen LogP contribution is -2.14. The van der Waals surface area contributed by atoms with Crippen molar-refractivity contribution in [2.45, 2.75) is 50.3 Å². The lowest BCUT2D eigenvalue weighted by molar-refractivity contribution is 0.103. The summed E-state index contributed by atoms with van der Waals surface area (Å²) in [5.74, 6) is 1.46. The van der Waals surface area contributed by atoms with E-state index >= 15 is 0 Å². The summed E-state index contributed by atoms with van der Waals surface area (Å²) in [4.78, 5) is 18.9. The summed E-state index contributed by atoms with van der Waals surface area (Å²) in [6, 6.07) is 2.15. The topological polar surface area (TPSA) is 93.8 Å². The zero-order chi connectivity index (χ0) is 19.7. The molecule has 1 aliphatic rings. The summed E-state index contributed by atoms with van der Waals surface area (Å²) < 4.78 is 0.862. The smallest absolute Gasteiger partial charge is 0.269 e. The Balaban J connectivity index is 1.57. The molecule has 148 valence electrons. The van der Waals surface area contributed by atoms with E-state index in [0.717, 1.165) is 45.3 Å². The fourth-order valence-electron chi connectivity index (χ4n) is 3.44. The Bertz CT molecular complexity index is 1010. The number of amides is 1. The van der Waals surface area contributed by atoms with Crippen LogP contribution < -0.4 is 11.1 Å². The van der Waals surface area contributed by atoms with Crippen molar-refractivity contribution < 1.29 is 4.79 Å². The van der Waals surface area contributed by atoms with Crippen LogP contribution in [0.25, 0.3) is 10.2 Å². The van der Waals surface area contributed by atoms with Crippen LogP contribution in [0.5, 0.6) is 0 Å². The van der Waals surface area contributed by atoms with E-state index in [1.165, 1.54) is 41.1 Å². The normalized spacial score (nSPS) is 16.3. The van der Waals surface area contributed by atoms with Crippen molar-refractivity contribution in [2.75, 3.05) is 16.8 Å². The number of aryl methyl sites for hydroxylation is 1. The molecule has 0 saturated carbocycles. The second-order valence-corrected chi connectivity index (χ2v) is 10.3. The van der Waals surface area contributed by atoms with Crippen LogP contribution in [-0.2, 0) is 12.8 Å². The predicted octanol–water partition coefficient (Wildman–Crippen LogP) is 5.00. The Morgan fingerprint density at radius 1 is 1.36 bits per heavy atom. The van der Waals surface area contributed by atoms with E-state index in [1.807, 2.05) is 0 Å². The Labute approximate surface area is 176 Å². The number of anilines is 2. The molecule has 9 heteroatoms. The maximum absolute atomic E-state index is 12.8. The van der Waals surface area contributed by atoms with Gasteiger partial charge in [0.05, 0.1) is 5.69 Å². The Morgan fingerprint density at radius 3 is 3.00 bits per heavy atom. The number of rotatable bonds is 6. The van der Waals surface area contributed by atoms with Gasteiger partial charge in [-0.1, -0.05) is 43.4 Å². The summed E-state index contributed by atoms with van der Waals surface area (Å²) in [5, 5.41) is 12.4. The van der Waals surface area contributed by atoms with Gasteiger partial charge < -0.3 is 5.73 Å². The van der Waals surface area contributed by atoms with Gasteiger partial charge in [0.1, 0.15) is 9.71 Å². The van der Waals surface area contributed by atoms with Crippen LogP contribution >= 0.6 is 34.4 Å². The van der Waals surface area contributed by atoms with Gasteiger partial charge in [-0.3, -0.25) is 10.1 Å². The quantitative estimate of drug-likeness (QED) is 0.420. The van der Waals surface area contributed by atoms with Crippen molar-refractivity contribution in [2.24, 2.45) is 5.92 Å². The number of carbonyl (C=O) groups excluding carboxylic acids is 1. The molecule has 0 radical (unpaired) electrons. The van der Waals surface area contributed by atoms with E-state index in [-0.39, 0.29) is 5.91 Å². The van der Waals surface area contributed by atoms with Gasteiger partial charge in [-0.2, -0.15) is 0 Å². The van der Waals surface area contributed by atoms with Crippen LogP contribution in [-0.4, -0.2) is 26.8 Å². The minimum atomic E-state index is -0.243. The number of nitrogens with one attached hydrogen (secondary N) is 1. The number of thioether (sulfide) groups is 1. The molecule has 3 N–H and O–H groups in total. The van der Waals surface area contributed by atoms with Crippen LogP contribution in [0.4, 0.5) is 10.8 Å². The van der Waals surface area contributed by atoms with Crippen LogP contribution in [0.2, 0.25) is 0 Å². The van der Waals surface area contributed by atoms with Crippen LogP contribution in [0.15, 0.2) is 10.4 Å². The first-order valence-electron chi connectivity index (χ1n) is 9.57. The lowest BCUT2D eigenvalue weighted by Gasteiger charge is -2.22. The monoisotopic (exact) mass is 433 g/mol. The van der Waals surface area contributed by atoms with Gasteiger partial charge in [-0.05, 0) is 43.2 Å². The first-order chi connectivity index (χ1) is 13.6. The van der Waals surface area contributed by atoms with Crippen molar-refractivity contribution in [1.29, 1.82) is 0 Å². The Kier molecular flexibility index (Phi) is 5.84. The predicted molar refractivity (Wildman–Crippen MR) is 119 cm³/mol. The SMILES string of the molecule is CCCSc1nnc(NC(=O)c2sc3nc4c(cc3c2N)C[C@H](CC)CC4)s1. The second-order valence-electron chi connectivity index (χ2n) is 6.98. The van der Waals surface area contributed by atoms with Crippen LogP contribution in [0.1, 0.15) is 54.0 Å². The molecule has 0 bridgehead atoms. The summed E-state index contributed by atoms with van der Waals surface area (Å²) in [7, 11) is 0.